The van der Waals surface area contributed by atoms with Gasteiger partial charge in [0, 0.05) is 29.4 Å². The second kappa shape index (κ2) is 11.2. The molecule has 4 nitrogen and oxygen atoms in total. The summed E-state index contributed by atoms with van der Waals surface area (Å²) >= 11 is 0.975. The third-order valence-corrected chi connectivity index (χ3v) is 5.72. The summed E-state index contributed by atoms with van der Waals surface area (Å²) in [6, 6.07) is 16.3. The predicted octanol–water partition coefficient (Wildman–Crippen LogP) is 7.37. The molecule has 0 amide bonds. The summed E-state index contributed by atoms with van der Waals surface area (Å²) in [4.78, 5) is 10.8. The van der Waals surface area contributed by atoms with E-state index in [0.29, 0.717) is 23.8 Å². The van der Waals surface area contributed by atoms with Crippen LogP contribution in [-0.2, 0) is 6.18 Å². The van der Waals surface area contributed by atoms with Crippen LogP contribution in [0.4, 0.5) is 24.8 Å². The summed E-state index contributed by atoms with van der Waals surface area (Å²) in [6.07, 6.45) is -0.496. The lowest BCUT2D eigenvalue weighted by atomic mass is 10.2. The van der Waals surface area contributed by atoms with Crippen molar-refractivity contribution in [3.8, 4) is 5.75 Å². The van der Waals surface area contributed by atoms with Crippen molar-refractivity contribution in [1.82, 2.24) is 9.97 Å². The van der Waals surface area contributed by atoms with E-state index < -0.39 is 11.7 Å². The first-order chi connectivity index (χ1) is 15.4. The molecular formula is C24H26F3N3OS. The number of rotatable bonds is 10. The van der Waals surface area contributed by atoms with Gasteiger partial charge in [-0.05, 0) is 37.6 Å². The SMILES string of the molecule is CCCCCOc1cccc(N(CC)c2ncc(C(F)(F)F)c(Sc3ccccc3)n2)c1. The van der Waals surface area contributed by atoms with Crippen molar-refractivity contribution in [2.75, 3.05) is 18.1 Å². The highest BCUT2D eigenvalue weighted by atomic mass is 32.2. The fraction of sp³-hybridized carbons (Fsp3) is 0.333. The maximum absolute atomic E-state index is 13.6. The Bertz CT molecular complexity index is 999. The number of aromatic nitrogens is 2. The number of unbranched alkanes of at least 4 members (excludes halogenated alkanes) is 2. The van der Waals surface area contributed by atoms with E-state index in [1.54, 1.807) is 29.2 Å². The van der Waals surface area contributed by atoms with Crippen molar-refractivity contribution >= 4 is 23.4 Å². The van der Waals surface area contributed by atoms with Gasteiger partial charge in [-0.1, -0.05) is 55.8 Å². The van der Waals surface area contributed by atoms with Gasteiger partial charge in [-0.25, -0.2) is 9.97 Å². The summed E-state index contributed by atoms with van der Waals surface area (Å²) in [5.41, 5.74) is -0.0879. The molecule has 32 heavy (non-hydrogen) atoms. The molecule has 3 rings (SSSR count). The molecule has 1 aromatic heterocycles. The Labute approximate surface area is 190 Å². The number of benzene rings is 2. The Morgan fingerprint density at radius 3 is 2.47 bits per heavy atom. The van der Waals surface area contributed by atoms with Crippen LogP contribution in [0.2, 0.25) is 0 Å². The Kier molecular flexibility index (Phi) is 8.39. The van der Waals surface area contributed by atoms with Gasteiger partial charge in [0.1, 0.15) is 16.3 Å². The van der Waals surface area contributed by atoms with E-state index in [-0.39, 0.29) is 11.0 Å². The standard InChI is InChI=1S/C24H26F3N3OS/c1-3-5-9-15-31-19-12-10-11-18(16-19)30(4-2)23-28-17-21(24(25,26)27)22(29-23)32-20-13-7-6-8-14-20/h6-8,10-14,16-17H,3-5,9,15H2,1-2H3. The molecule has 170 valence electrons. The Hall–Kier alpha value is -2.74. The topological polar surface area (TPSA) is 38.2 Å². The lowest BCUT2D eigenvalue weighted by molar-refractivity contribution is -0.140. The van der Waals surface area contributed by atoms with E-state index in [4.69, 9.17) is 4.74 Å². The first kappa shape index (κ1) is 23.9. The van der Waals surface area contributed by atoms with Gasteiger partial charge in [0.2, 0.25) is 5.95 Å². The zero-order valence-corrected chi connectivity index (χ0v) is 18.9. The highest BCUT2D eigenvalue weighted by Crippen LogP contribution is 2.39. The van der Waals surface area contributed by atoms with Crippen LogP contribution in [0.25, 0.3) is 0 Å². The van der Waals surface area contributed by atoms with Crippen LogP contribution in [-0.4, -0.2) is 23.1 Å². The van der Waals surface area contributed by atoms with E-state index in [0.717, 1.165) is 42.9 Å². The van der Waals surface area contributed by atoms with Crippen LogP contribution < -0.4 is 9.64 Å². The van der Waals surface area contributed by atoms with Crippen LogP contribution >= 0.6 is 11.8 Å². The number of hydrogen-bond acceptors (Lipinski definition) is 5. The molecule has 0 fully saturated rings. The van der Waals surface area contributed by atoms with E-state index in [1.807, 2.05) is 37.3 Å². The van der Waals surface area contributed by atoms with Gasteiger partial charge in [-0.3, -0.25) is 0 Å². The van der Waals surface area contributed by atoms with Gasteiger partial charge < -0.3 is 9.64 Å². The van der Waals surface area contributed by atoms with Crippen LogP contribution in [0.15, 0.2) is 70.7 Å². The van der Waals surface area contributed by atoms with E-state index in [2.05, 4.69) is 16.9 Å². The van der Waals surface area contributed by atoms with Crippen molar-refractivity contribution in [1.29, 1.82) is 0 Å². The molecule has 0 aliphatic carbocycles. The minimum atomic E-state index is -4.54. The summed E-state index contributed by atoms with van der Waals surface area (Å²) in [6.45, 7) is 5.14. The molecule has 0 atom stereocenters. The third kappa shape index (κ3) is 6.38. The summed E-state index contributed by atoms with van der Waals surface area (Å²) < 4.78 is 46.6. The first-order valence-electron chi connectivity index (χ1n) is 10.6. The Balaban J connectivity index is 1.90. The number of hydrogen-bond donors (Lipinski definition) is 0. The average molecular weight is 462 g/mol. The summed E-state index contributed by atoms with van der Waals surface area (Å²) in [5, 5.41) is -0.126. The summed E-state index contributed by atoms with van der Waals surface area (Å²) in [7, 11) is 0. The van der Waals surface area contributed by atoms with Gasteiger partial charge in [0.05, 0.1) is 6.61 Å². The van der Waals surface area contributed by atoms with Crippen LogP contribution in [0, 0.1) is 0 Å². The van der Waals surface area contributed by atoms with Crippen molar-refractivity contribution in [3.63, 3.8) is 0 Å². The highest BCUT2D eigenvalue weighted by Gasteiger charge is 2.35. The molecule has 0 N–H and O–H groups in total. The second-order valence-electron chi connectivity index (χ2n) is 7.10. The number of halogens is 3. The number of nitrogens with zero attached hydrogens (tertiary/aromatic N) is 3. The van der Waals surface area contributed by atoms with E-state index in [9.17, 15) is 13.2 Å². The number of alkyl halides is 3. The lowest BCUT2D eigenvalue weighted by Gasteiger charge is -2.23. The molecule has 0 unspecified atom stereocenters. The molecule has 0 radical (unpaired) electrons. The largest absolute Gasteiger partial charge is 0.494 e. The van der Waals surface area contributed by atoms with Gasteiger partial charge in [-0.2, -0.15) is 13.2 Å². The number of ether oxygens (including phenoxy) is 1. The van der Waals surface area contributed by atoms with Crippen molar-refractivity contribution in [2.24, 2.45) is 0 Å². The van der Waals surface area contributed by atoms with Crippen molar-refractivity contribution < 1.29 is 17.9 Å². The molecule has 0 aliphatic rings. The van der Waals surface area contributed by atoms with Crippen LogP contribution in [0.1, 0.15) is 38.7 Å². The van der Waals surface area contributed by atoms with Crippen molar-refractivity contribution in [3.05, 3.63) is 66.4 Å². The monoisotopic (exact) mass is 461 g/mol. The summed E-state index contributed by atoms with van der Waals surface area (Å²) in [5.74, 6) is 0.921. The molecule has 0 saturated carbocycles. The Morgan fingerprint density at radius 1 is 1.00 bits per heavy atom. The smallest absolute Gasteiger partial charge is 0.420 e. The molecule has 0 bridgehead atoms. The van der Waals surface area contributed by atoms with Gasteiger partial charge in [0.15, 0.2) is 0 Å². The van der Waals surface area contributed by atoms with Gasteiger partial charge >= 0.3 is 6.18 Å². The molecule has 0 spiro atoms. The van der Waals surface area contributed by atoms with Crippen LogP contribution in [0.5, 0.6) is 5.75 Å². The first-order valence-corrected chi connectivity index (χ1v) is 11.4. The maximum atomic E-state index is 13.6. The van der Waals surface area contributed by atoms with E-state index in [1.165, 1.54) is 0 Å². The fourth-order valence-corrected chi connectivity index (χ4v) is 4.00. The quantitative estimate of drug-likeness (QED) is 0.233. The molecule has 2 aromatic carbocycles. The predicted molar refractivity (Wildman–Crippen MR) is 122 cm³/mol. The second-order valence-corrected chi connectivity index (χ2v) is 8.16. The normalized spacial score (nSPS) is 11.4. The average Bonchev–Trinajstić information content (AvgIpc) is 2.78. The highest BCUT2D eigenvalue weighted by molar-refractivity contribution is 7.99. The minimum absolute atomic E-state index is 0.126. The molecular weight excluding hydrogens is 435 g/mol. The van der Waals surface area contributed by atoms with Gasteiger partial charge in [0.25, 0.3) is 0 Å². The van der Waals surface area contributed by atoms with Gasteiger partial charge in [-0.15, -0.1) is 0 Å². The minimum Gasteiger partial charge on any atom is -0.494 e. The molecule has 3 aromatic rings. The fourth-order valence-electron chi connectivity index (χ4n) is 3.08. The maximum Gasteiger partial charge on any atom is 0.420 e. The lowest BCUT2D eigenvalue weighted by Crippen LogP contribution is -2.20. The Morgan fingerprint density at radius 2 is 1.78 bits per heavy atom. The zero-order chi connectivity index (χ0) is 23.0. The zero-order valence-electron chi connectivity index (χ0n) is 18.1. The van der Waals surface area contributed by atoms with Crippen LogP contribution in [0.3, 0.4) is 0 Å². The van der Waals surface area contributed by atoms with Crippen molar-refractivity contribution in [2.45, 2.75) is 49.2 Å². The number of anilines is 2. The third-order valence-electron chi connectivity index (χ3n) is 4.71. The molecule has 1 heterocycles. The molecule has 8 heteroatoms. The van der Waals surface area contributed by atoms with E-state index >= 15 is 0 Å². The molecule has 0 aliphatic heterocycles. The molecule has 0 saturated heterocycles.